The predicted molar refractivity (Wildman–Crippen MR) is 91.2 cm³/mol. The molecule has 0 aromatic carbocycles. The van der Waals surface area contributed by atoms with Crippen LogP contribution >= 0.6 is 0 Å². The minimum Gasteiger partial charge on any atom is -0.440 e. The number of likely N-dealkylation sites (tertiary alicyclic amines) is 1. The highest BCUT2D eigenvalue weighted by atomic mass is 19.4. The molecule has 1 amide bonds. The summed E-state index contributed by atoms with van der Waals surface area (Å²) in [6.07, 6.45) is -1.89. The van der Waals surface area contributed by atoms with Crippen LogP contribution in [0.15, 0.2) is 12.3 Å². The summed E-state index contributed by atoms with van der Waals surface area (Å²) < 4.78 is 40.9. The molecule has 0 spiro atoms. The molecule has 27 heavy (non-hydrogen) atoms. The number of alkyl halides is 3. The first-order chi connectivity index (χ1) is 12.8. The van der Waals surface area contributed by atoms with Crippen LogP contribution in [0.2, 0.25) is 0 Å². The maximum absolute atomic E-state index is 12.2. The molecule has 1 saturated heterocycles. The van der Waals surface area contributed by atoms with E-state index in [1.54, 1.807) is 0 Å². The number of halogens is 3. The second-order valence-corrected chi connectivity index (χ2v) is 7.27. The summed E-state index contributed by atoms with van der Waals surface area (Å²) in [5.74, 6) is 1.96. The number of anilines is 1. The van der Waals surface area contributed by atoms with E-state index in [0.717, 1.165) is 29.7 Å². The Labute approximate surface area is 153 Å². The van der Waals surface area contributed by atoms with Crippen LogP contribution < -0.4 is 5.32 Å². The quantitative estimate of drug-likeness (QED) is 0.851. The molecule has 1 unspecified atom stereocenters. The lowest BCUT2D eigenvalue weighted by atomic mass is 10.0. The van der Waals surface area contributed by atoms with Crippen molar-refractivity contribution in [2.24, 2.45) is 11.8 Å². The number of amides is 1. The van der Waals surface area contributed by atoms with E-state index in [1.165, 1.54) is 4.90 Å². The lowest BCUT2D eigenvalue weighted by Gasteiger charge is -2.20. The number of nitrogens with one attached hydrogen (secondary N) is 2. The van der Waals surface area contributed by atoms with E-state index < -0.39 is 18.9 Å². The summed E-state index contributed by atoms with van der Waals surface area (Å²) in [7, 11) is 0. The number of H-pyrrole nitrogens is 1. The number of aromatic amines is 1. The van der Waals surface area contributed by atoms with Crippen LogP contribution in [-0.4, -0.2) is 57.9 Å². The Kier molecular flexibility index (Phi) is 4.35. The first kappa shape index (κ1) is 17.9. The van der Waals surface area contributed by atoms with Crippen LogP contribution in [-0.2, 0) is 4.74 Å². The maximum Gasteiger partial charge on any atom is 0.422 e. The first-order valence-electron chi connectivity index (χ1n) is 8.85. The van der Waals surface area contributed by atoms with E-state index in [1.807, 2.05) is 19.2 Å². The highest BCUT2D eigenvalue weighted by Gasteiger charge is 2.43. The van der Waals surface area contributed by atoms with Gasteiger partial charge in [-0.3, -0.25) is 0 Å². The Morgan fingerprint density at radius 2 is 2.04 bits per heavy atom. The number of hydrogen-bond donors (Lipinski definition) is 2. The van der Waals surface area contributed by atoms with Gasteiger partial charge in [0.05, 0.1) is 5.39 Å². The molecule has 2 aromatic heterocycles. The van der Waals surface area contributed by atoms with Gasteiger partial charge >= 0.3 is 12.3 Å². The molecule has 1 aliphatic heterocycles. The fourth-order valence-corrected chi connectivity index (χ4v) is 4.16. The Morgan fingerprint density at radius 3 is 2.70 bits per heavy atom. The molecule has 2 aliphatic rings. The van der Waals surface area contributed by atoms with Crippen LogP contribution in [0.1, 0.15) is 18.7 Å². The number of nitrogens with zero attached hydrogens (tertiary/aromatic N) is 3. The number of hydrogen-bond acceptors (Lipinski definition) is 5. The molecule has 0 bridgehead atoms. The van der Waals surface area contributed by atoms with Crippen LogP contribution in [0.4, 0.5) is 23.8 Å². The fraction of sp³-hybridized carbons (Fsp3) is 0.588. The smallest absolute Gasteiger partial charge is 0.422 e. The van der Waals surface area contributed by atoms with Gasteiger partial charge in [0.15, 0.2) is 6.61 Å². The van der Waals surface area contributed by atoms with E-state index in [9.17, 15) is 18.0 Å². The van der Waals surface area contributed by atoms with Crippen molar-refractivity contribution < 1.29 is 22.7 Å². The molecule has 1 saturated carbocycles. The average molecular weight is 383 g/mol. The summed E-state index contributed by atoms with van der Waals surface area (Å²) in [6.45, 7) is 1.16. The van der Waals surface area contributed by atoms with Crippen LogP contribution in [0.25, 0.3) is 11.0 Å². The average Bonchev–Trinajstić information content (AvgIpc) is 3.25. The van der Waals surface area contributed by atoms with Crippen molar-refractivity contribution in [3.63, 3.8) is 0 Å². The lowest BCUT2D eigenvalue weighted by Crippen LogP contribution is -2.34. The third-order valence-electron chi connectivity index (χ3n) is 5.24. The summed E-state index contributed by atoms with van der Waals surface area (Å²) in [4.78, 5) is 25.1. The second-order valence-electron chi connectivity index (χ2n) is 7.27. The molecule has 7 nitrogen and oxygen atoms in total. The highest BCUT2D eigenvalue weighted by Crippen LogP contribution is 2.40. The number of carbonyl (C=O) groups excluding carboxylic acids is 1. The van der Waals surface area contributed by atoms with Gasteiger partial charge in [0.2, 0.25) is 0 Å². The molecule has 2 aromatic rings. The zero-order valence-electron chi connectivity index (χ0n) is 14.7. The summed E-state index contributed by atoms with van der Waals surface area (Å²) in [6, 6.07) is 2.13. The van der Waals surface area contributed by atoms with Crippen molar-refractivity contribution in [2.75, 3.05) is 25.0 Å². The van der Waals surface area contributed by atoms with Gasteiger partial charge in [0, 0.05) is 25.3 Å². The van der Waals surface area contributed by atoms with Gasteiger partial charge in [-0.2, -0.15) is 13.2 Å². The Balaban J connectivity index is 1.35. The first-order valence-corrected chi connectivity index (χ1v) is 8.85. The van der Waals surface area contributed by atoms with Crippen molar-refractivity contribution in [1.29, 1.82) is 0 Å². The minimum atomic E-state index is -4.50. The SMILES string of the molecule is Cc1nc(NC2C[C@@H]3CN(C(=O)OCC(F)(F)F)C[C@@H]3C2)c2cc[nH]c2n1. The number of fused-ring (bicyclic) bond motifs is 2. The van der Waals surface area contributed by atoms with Crippen LogP contribution in [0.5, 0.6) is 0 Å². The molecular formula is C17H20F3N5O2. The number of aromatic nitrogens is 3. The fourth-order valence-electron chi connectivity index (χ4n) is 4.16. The predicted octanol–water partition coefficient (Wildman–Crippen LogP) is 3.09. The van der Waals surface area contributed by atoms with Gasteiger partial charge in [0.1, 0.15) is 17.3 Å². The summed E-state index contributed by atoms with van der Waals surface area (Å²) >= 11 is 0. The maximum atomic E-state index is 12.2. The lowest BCUT2D eigenvalue weighted by molar-refractivity contribution is -0.162. The highest BCUT2D eigenvalue weighted by molar-refractivity contribution is 5.87. The van der Waals surface area contributed by atoms with E-state index >= 15 is 0 Å². The zero-order chi connectivity index (χ0) is 19.2. The van der Waals surface area contributed by atoms with Crippen LogP contribution in [0, 0.1) is 18.8 Å². The zero-order valence-corrected chi connectivity index (χ0v) is 14.7. The van der Waals surface area contributed by atoms with Crippen molar-refractivity contribution in [1.82, 2.24) is 19.9 Å². The minimum absolute atomic E-state index is 0.209. The number of ether oxygens (including phenoxy) is 1. The van der Waals surface area contributed by atoms with Gasteiger partial charge in [-0.15, -0.1) is 0 Å². The normalized spacial score (nSPS) is 25.0. The Bertz CT molecular complexity index is 839. The van der Waals surface area contributed by atoms with Crippen molar-refractivity contribution >= 4 is 22.9 Å². The molecule has 1 aliphatic carbocycles. The van der Waals surface area contributed by atoms with E-state index in [0.29, 0.717) is 18.9 Å². The standard InChI is InChI=1S/C17H20F3N5O2/c1-9-22-14-13(2-3-21-14)15(23-9)24-12-4-10-6-25(7-11(10)5-12)16(26)27-8-17(18,19)20/h2-3,10-12H,4-8H2,1H3,(H2,21,22,23,24)/t10-,11+,12?. The van der Waals surface area contributed by atoms with Gasteiger partial charge in [-0.1, -0.05) is 0 Å². The molecule has 0 radical (unpaired) electrons. The van der Waals surface area contributed by atoms with Gasteiger partial charge < -0.3 is 19.9 Å². The number of rotatable bonds is 3. The van der Waals surface area contributed by atoms with Gasteiger partial charge in [-0.25, -0.2) is 14.8 Å². The van der Waals surface area contributed by atoms with Gasteiger partial charge in [-0.05, 0) is 37.7 Å². The van der Waals surface area contributed by atoms with Crippen LogP contribution in [0.3, 0.4) is 0 Å². The molecule has 146 valence electrons. The molecule has 3 heterocycles. The Hall–Kier alpha value is -2.52. The topological polar surface area (TPSA) is 83.1 Å². The largest absolute Gasteiger partial charge is 0.440 e. The molecule has 10 heteroatoms. The van der Waals surface area contributed by atoms with Gasteiger partial charge in [0.25, 0.3) is 0 Å². The number of aryl methyl sites for hydroxylation is 1. The van der Waals surface area contributed by atoms with Crippen molar-refractivity contribution in [3.05, 3.63) is 18.1 Å². The number of carbonyl (C=O) groups is 1. The summed E-state index contributed by atoms with van der Waals surface area (Å²) in [5.41, 5.74) is 0.779. The van der Waals surface area contributed by atoms with E-state index in [-0.39, 0.29) is 17.9 Å². The third-order valence-corrected chi connectivity index (χ3v) is 5.24. The van der Waals surface area contributed by atoms with E-state index in [4.69, 9.17) is 0 Å². The molecule has 4 rings (SSSR count). The molecular weight excluding hydrogens is 363 g/mol. The third kappa shape index (κ3) is 3.79. The van der Waals surface area contributed by atoms with Crippen molar-refractivity contribution in [3.8, 4) is 0 Å². The van der Waals surface area contributed by atoms with Crippen molar-refractivity contribution in [2.45, 2.75) is 32.0 Å². The Morgan fingerprint density at radius 1 is 1.33 bits per heavy atom. The molecule has 2 N–H and O–H groups in total. The molecule has 3 atom stereocenters. The monoisotopic (exact) mass is 383 g/mol. The summed E-state index contributed by atoms with van der Waals surface area (Å²) in [5, 5.41) is 4.40. The second kappa shape index (κ2) is 6.58. The van der Waals surface area contributed by atoms with E-state index in [2.05, 4.69) is 25.0 Å². The molecule has 2 fully saturated rings.